The molecule has 0 aliphatic carbocycles. The molecule has 0 unspecified atom stereocenters. The number of hydrogen-bond donors (Lipinski definition) is 1. The van der Waals surface area contributed by atoms with Gasteiger partial charge in [-0.25, -0.2) is 0 Å². The topological polar surface area (TPSA) is 61.3 Å². The smallest absolute Gasteiger partial charge is 0.274 e. The maximum atomic E-state index is 13.1. The van der Waals surface area contributed by atoms with E-state index in [1.54, 1.807) is 17.0 Å². The minimum atomic E-state index is -0.0482. The predicted octanol–water partition coefficient (Wildman–Crippen LogP) is 2.54. The lowest BCUT2D eigenvalue weighted by Crippen LogP contribution is -2.38. The molecule has 1 fully saturated rings. The first-order chi connectivity index (χ1) is 12.5. The third-order valence-corrected chi connectivity index (χ3v) is 5.50. The highest BCUT2D eigenvalue weighted by molar-refractivity contribution is 6.05. The van der Waals surface area contributed by atoms with E-state index < -0.39 is 0 Å². The first kappa shape index (κ1) is 18.7. The molecule has 2 aromatic rings. The Balaban J connectivity index is 1.83. The van der Waals surface area contributed by atoms with Crippen molar-refractivity contribution in [2.45, 2.75) is 39.2 Å². The van der Waals surface area contributed by atoms with Crippen molar-refractivity contribution in [3.8, 4) is 0 Å². The van der Waals surface area contributed by atoms with Crippen LogP contribution in [0, 0.1) is 5.92 Å². The van der Waals surface area contributed by atoms with Crippen molar-refractivity contribution in [1.29, 1.82) is 0 Å². The van der Waals surface area contributed by atoms with Crippen molar-refractivity contribution < 1.29 is 4.79 Å². The highest BCUT2D eigenvalue weighted by atomic mass is 16.2. The van der Waals surface area contributed by atoms with Gasteiger partial charge in [-0.05, 0) is 51.4 Å². The summed E-state index contributed by atoms with van der Waals surface area (Å²) in [5.74, 6) is 0.548. The lowest BCUT2D eigenvalue weighted by atomic mass is 9.96. The Morgan fingerprint density at radius 3 is 2.77 bits per heavy atom. The largest absolute Gasteiger partial charge is 0.357 e. The molecule has 0 radical (unpaired) electrons. The average molecular weight is 358 g/mol. The fraction of sp³-hybridized carbons (Fsp3) is 0.600. The number of aromatic nitrogens is 2. The number of carbonyl (C=O) groups is 1. The van der Waals surface area contributed by atoms with E-state index in [-0.39, 0.29) is 11.5 Å². The molecule has 0 spiro atoms. The van der Waals surface area contributed by atoms with Crippen LogP contribution in [0.4, 0.5) is 0 Å². The number of amides is 1. The quantitative estimate of drug-likeness (QED) is 0.863. The van der Waals surface area contributed by atoms with Gasteiger partial charge in [-0.3, -0.25) is 9.59 Å². The predicted molar refractivity (Wildman–Crippen MR) is 105 cm³/mol. The SMILES string of the molecule is CCCCn1cc(C(=O)N(C)CC2CCN(C)CC2)c2cc[nH]c2c1=O. The van der Waals surface area contributed by atoms with Gasteiger partial charge in [0.1, 0.15) is 5.52 Å². The van der Waals surface area contributed by atoms with Crippen LogP contribution < -0.4 is 5.56 Å². The van der Waals surface area contributed by atoms with Crippen molar-refractivity contribution in [3.63, 3.8) is 0 Å². The maximum Gasteiger partial charge on any atom is 0.274 e. The Labute approximate surface area is 154 Å². The summed E-state index contributed by atoms with van der Waals surface area (Å²) in [6, 6.07) is 1.83. The summed E-state index contributed by atoms with van der Waals surface area (Å²) in [6.45, 7) is 5.70. The number of piperidine rings is 1. The Morgan fingerprint density at radius 2 is 2.08 bits per heavy atom. The molecule has 3 rings (SSSR count). The van der Waals surface area contributed by atoms with Crippen LogP contribution >= 0.6 is 0 Å². The van der Waals surface area contributed by atoms with Crippen LogP contribution in [-0.2, 0) is 6.54 Å². The van der Waals surface area contributed by atoms with E-state index in [9.17, 15) is 9.59 Å². The van der Waals surface area contributed by atoms with Crippen molar-refractivity contribution >= 4 is 16.8 Å². The second-order valence-corrected chi connectivity index (χ2v) is 7.59. The summed E-state index contributed by atoms with van der Waals surface area (Å²) >= 11 is 0. The van der Waals surface area contributed by atoms with Crippen LogP contribution in [0.5, 0.6) is 0 Å². The molecule has 1 saturated heterocycles. The number of hydrogen-bond acceptors (Lipinski definition) is 3. The molecular weight excluding hydrogens is 328 g/mol. The second kappa shape index (κ2) is 8.08. The molecule has 0 atom stereocenters. The number of aryl methyl sites for hydroxylation is 1. The number of aromatic amines is 1. The molecule has 6 heteroatoms. The van der Waals surface area contributed by atoms with Crippen molar-refractivity contribution in [2.24, 2.45) is 5.92 Å². The third kappa shape index (κ3) is 3.85. The molecule has 1 N–H and O–H groups in total. The van der Waals surface area contributed by atoms with E-state index >= 15 is 0 Å². The van der Waals surface area contributed by atoms with Crippen molar-refractivity contribution in [3.05, 3.63) is 34.4 Å². The molecule has 0 aromatic carbocycles. The Kier molecular flexibility index (Phi) is 5.81. The molecule has 0 saturated carbocycles. The molecule has 1 aliphatic rings. The monoisotopic (exact) mass is 358 g/mol. The number of fused-ring (bicyclic) bond motifs is 1. The molecule has 6 nitrogen and oxygen atoms in total. The summed E-state index contributed by atoms with van der Waals surface area (Å²) in [4.78, 5) is 32.9. The number of H-pyrrole nitrogens is 1. The zero-order chi connectivity index (χ0) is 18.7. The summed E-state index contributed by atoms with van der Waals surface area (Å²) in [5.41, 5.74) is 1.10. The van der Waals surface area contributed by atoms with Crippen LogP contribution in [0.3, 0.4) is 0 Å². The summed E-state index contributed by atoms with van der Waals surface area (Å²) < 4.78 is 1.68. The lowest BCUT2D eigenvalue weighted by Gasteiger charge is -2.31. The van der Waals surface area contributed by atoms with Gasteiger partial charge < -0.3 is 19.4 Å². The standard InChI is InChI=1S/C20H30N4O2/c1-4-5-10-24-14-17(16-6-9-21-18(16)20(24)26)19(25)23(3)13-15-7-11-22(2)12-8-15/h6,9,14-15,21H,4-5,7-8,10-13H2,1-3H3. The van der Waals surface area contributed by atoms with Gasteiger partial charge in [0.25, 0.3) is 11.5 Å². The Morgan fingerprint density at radius 1 is 1.35 bits per heavy atom. The Bertz CT molecular complexity index is 815. The van der Waals surface area contributed by atoms with Gasteiger partial charge in [0.2, 0.25) is 0 Å². The van der Waals surface area contributed by atoms with Crippen LogP contribution in [0.15, 0.2) is 23.3 Å². The number of nitrogens with zero attached hydrogens (tertiary/aromatic N) is 3. The molecule has 142 valence electrons. The van der Waals surface area contributed by atoms with E-state index in [0.29, 0.717) is 23.5 Å². The third-order valence-electron chi connectivity index (χ3n) is 5.50. The van der Waals surface area contributed by atoms with Gasteiger partial charge in [0.15, 0.2) is 0 Å². The molecule has 1 aliphatic heterocycles. The van der Waals surface area contributed by atoms with Gasteiger partial charge in [0.05, 0.1) is 5.56 Å². The van der Waals surface area contributed by atoms with Gasteiger partial charge in [0, 0.05) is 37.9 Å². The molecular formula is C20H30N4O2. The number of carbonyl (C=O) groups excluding carboxylic acids is 1. The summed E-state index contributed by atoms with van der Waals surface area (Å²) in [7, 11) is 4.02. The van der Waals surface area contributed by atoms with Crippen LogP contribution in [-0.4, -0.2) is 59.0 Å². The number of nitrogens with one attached hydrogen (secondary N) is 1. The van der Waals surface area contributed by atoms with Crippen LogP contribution in [0.25, 0.3) is 10.9 Å². The van der Waals surface area contributed by atoms with E-state index in [1.807, 2.05) is 18.0 Å². The van der Waals surface area contributed by atoms with Gasteiger partial charge in [-0.1, -0.05) is 13.3 Å². The molecule has 0 bridgehead atoms. The van der Waals surface area contributed by atoms with Crippen molar-refractivity contribution in [1.82, 2.24) is 19.4 Å². The zero-order valence-corrected chi connectivity index (χ0v) is 16.1. The maximum absolute atomic E-state index is 13.1. The van der Waals surface area contributed by atoms with Gasteiger partial charge in [-0.15, -0.1) is 0 Å². The highest BCUT2D eigenvalue weighted by Crippen LogP contribution is 2.20. The Hall–Kier alpha value is -2.08. The number of likely N-dealkylation sites (tertiary alicyclic amines) is 1. The van der Waals surface area contributed by atoms with E-state index in [4.69, 9.17) is 0 Å². The fourth-order valence-electron chi connectivity index (χ4n) is 3.78. The summed E-state index contributed by atoms with van der Waals surface area (Å²) in [6.07, 6.45) is 7.68. The molecule has 3 heterocycles. The normalized spacial score (nSPS) is 16.3. The first-order valence-electron chi connectivity index (χ1n) is 9.65. The van der Waals surface area contributed by atoms with Crippen molar-refractivity contribution in [2.75, 3.05) is 33.7 Å². The molecule has 2 aromatic heterocycles. The van der Waals surface area contributed by atoms with Crippen LogP contribution in [0.1, 0.15) is 43.0 Å². The number of rotatable bonds is 6. The first-order valence-corrected chi connectivity index (χ1v) is 9.65. The lowest BCUT2D eigenvalue weighted by molar-refractivity contribution is 0.0748. The second-order valence-electron chi connectivity index (χ2n) is 7.59. The van der Waals surface area contributed by atoms with E-state index in [1.165, 1.54) is 0 Å². The minimum absolute atomic E-state index is 0.00113. The average Bonchev–Trinajstić information content (AvgIpc) is 3.13. The molecule has 26 heavy (non-hydrogen) atoms. The van der Waals surface area contributed by atoms with Gasteiger partial charge >= 0.3 is 0 Å². The number of pyridine rings is 1. The van der Waals surface area contributed by atoms with E-state index in [2.05, 4.69) is 23.9 Å². The number of unbranched alkanes of at least 4 members (excludes halogenated alkanes) is 1. The van der Waals surface area contributed by atoms with Gasteiger partial charge in [-0.2, -0.15) is 0 Å². The molecule has 1 amide bonds. The fourth-order valence-corrected chi connectivity index (χ4v) is 3.78. The van der Waals surface area contributed by atoms with Crippen LogP contribution in [0.2, 0.25) is 0 Å². The summed E-state index contributed by atoms with van der Waals surface area (Å²) in [5, 5.41) is 0.725. The highest BCUT2D eigenvalue weighted by Gasteiger charge is 2.23. The minimum Gasteiger partial charge on any atom is -0.357 e. The zero-order valence-electron chi connectivity index (χ0n) is 16.1. The van der Waals surface area contributed by atoms with E-state index in [0.717, 1.165) is 50.7 Å².